The van der Waals surface area contributed by atoms with E-state index < -0.39 is 0 Å². The summed E-state index contributed by atoms with van der Waals surface area (Å²) in [7, 11) is 0. The number of benzene rings is 1. The number of hydrogen-bond acceptors (Lipinski definition) is 4. The molecular weight excluding hydrogens is 340 g/mol. The monoisotopic (exact) mass is 354 g/mol. The predicted octanol–water partition coefficient (Wildman–Crippen LogP) is 4.33. The molecule has 0 radical (unpaired) electrons. The molecule has 0 aliphatic heterocycles. The van der Waals surface area contributed by atoms with Crippen LogP contribution in [0.15, 0.2) is 34.9 Å². The fourth-order valence-electron chi connectivity index (χ4n) is 1.63. The summed E-state index contributed by atoms with van der Waals surface area (Å²) in [5.41, 5.74) is 1.14. The van der Waals surface area contributed by atoms with Gasteiger partial charge in [-0.15, -0.1) is 0 Å². The number of nitrogens with one attached hydrogen (secondary N) is 2. The van der Waals surface area contributed by atoms with Crippen molar-refractivity contribution in [1.29, 1.82) is 0 Å². The summed E-state index contributed by atoms with van der Waals surface area (Å²) in [5.74, 6) is 1.22. The van der Waals surface area contributed by atoms with E-state index in [0.29, 0.717) is 23.3 Å². The number of anilines is 2. The van der Waals surface area contributed by atoms with Gasteiger partial charge in [-0.25, -0.2) is 4.98 Å². The molecule has 2 aromatic rings. The third-order valence-corrected chi connectivity index (χ3v) is 3.73. The number of rotatable bonds is 6. The molecule has 1 aromatic heterocycles. The lowest BCUT2D eigenvalue weighted by Gasteiger charge is -2.10. The molecular formula is C14H16BrClN4. The van der Waals surface area contributed by atoms with E-state index in [1.165, 1.54) is 0 Å². The van der Waals surface area contributed by atoms with Gasteiger partial charge >= 0.3 is 0 Å². The first-order valence-corrected chi connectivity index (χ1v) is 7.61. The largest absolute Gasteiger partial charge is 0.365 e. The Balaban J connectivity index is 2.07. The van der Waals surface area contributed by atoms with Gasteiger partial charge in [0.05, 0.1) is 6.20 Å². The van der Waals surface area contributed by atoms with Crippen molar-refractivity contribution in [3.05, 3.63) is 45.5 Å². The maximum Gasteiger partial charge on any atom is 0.224 e. The summed E-state index contributed by atoms with van der Waals surface area (Å²) in [5, 5.41) is 6.89. The van der Waals surface area contributed by atoms with Crippen LogP contribution in [-0.2, 0) is 6.54 Å². The van der Waals surface area contributed by atoms with E-state index in [2.05, 4.69) is 43.5 Å². The molecule has 0 bridgehead atoms. The molecule has 0 atom stereocenters. The van der Waals surface area contributed by atoms with Crippen LogP contribution < -0.4 is 10.6 Å². The maximum atomic E-state index is 6.11. The van der Waals surface area contributed by atoms with Crippen molar-refractivity contribution in [2.24, 2.45) is 0 Å². The van der Waals surface area contributed by atoms with Crippen molar-refractivity contribution in [1.82, 2.24) is 9.97 Å². The van der Waals surface area contributed by atoms with Gasteiger partial charge in [-0.1, -0.05) is 52.7 Å². The average molecular weight is 356 g/mol. The van der Waals surface area contributed by atoms with Crippen molar-refractivity contribution in [2.75, 3.05) is 17.2 Å². The number of halogens is 2. The van der Waals surface area contributed by atoms with Crippen LogP contribution in [0.2, 0.25) is 5.02 Å². The molecule has 2 rings (SSSR count). The number of aromatic nitrogens is 2. The van der Waals surface area contributed by atoms with Crippen molar-refractivity contribution in [2.45, 2.75) is 19.9 Å². The molecule has 2 N–H and O–H groups in total. The molecule has 0 aliphatic carbocycles. The molecule has 0 spiro atoms. The van der Waals surface area contributed by atoms with Gasteiger partial charge in [0.2, 0.25) is 5.95 Å². The van der Waals surface area contributed by atoms with Crippen LogP contribution in [0.4, 0.5) is 11.8 Å². The van der Waals surface area contributed by atoms with Gasteiger partial charge in [-0.3, -0.25) is 0 Å². The lowest BCUT2D eigenvalue weighted by atomic mass is 10.2. The first kappa shape index (κ1) is 15.1. The minimum absolute atomic E-state index is 0.513. The normalized spacial score (nSPS) is 10.3. The Morgan fingerprint density at radius 2 is 2.05 bits per heavy atom. The zero-order valence-electron chi connectivity index (χ0n) is 11.2. The van der Waals surface area contributed by atoms with Crippen molar-refractivity contribution >= 4 is 39.3 Å². The van der Waals surface area contributed by atoms with Crippen LogP contribution in [0.25, 0.3) is 0 Å². The average Bonchev–Trinajstić information content (AvgIpc) is 2.46. The van der Waals surface area contributed by atoms with E-state index in [-0.39, 0.29) is 0 Å². The summed E-state index contributed by atoms with van der Waals surface area (Å²) in [4.78, 5) is 8.52. The molecule has 106 valence electrons. The van der Waals surface area contributed by atoms with Gasteiger partial charge in [0.25, 0.3) is 0 Å². The highest BCUT2D eigenvalue weighted by Gasteiger charge is 2.06. The highest BCUT2D eigenvalue weighted by molar-refractivity contribution is 9.10. The van der Waals surface area contributed by atoms with Crippen molar-refractivity contribution < 1.29 is 0 Å². The smallest absolute Gasteiger partial charge is 0.224 e. The molecule has 0 amide bonds. The molecule has 1 aromatic carbocycles. The van der Waals surface area contributed by atoms with Crippen LogP contribution in [0.1, 0.15) is 18.9 Å². The fourth-order valence-corrected chi connectivity index (χ4v) is 2.22. The molecule has 4 nitrogen and oxygen atoms in total. The summed E-state index contributed by atoms with van der Waals surface area (Å²) in [6.45, 7) is 3.58. The predicted molar refractivity (Wildman–Crippen MR) is 87.3 cm³/mol. The van der Waals surface area contributed by atoms with Gasteiger partial charge in [0.15, 0.2) is 5.82 Å². The highest BCUT2D eigenvalue weighted by atomic mass is 79.9. The van der Waals surface area contributed by atoms with Crippen LogP contribution in [-0.4, -0.2) is 16.5 Å². The van der Waals surface area contributed by atoms with E-state index in [1.54, 1.807) is 6.20 Å². The maximum absolute atomic E-state index is 6.11. The summed E-state index contributed by atoms with van der Waals surface area (Å²) in [6.07, 6.45) is 2.63. The Labute approximate surface area is 132 Å². The minimum Gasteiger partial charge on any atom is -0.365 e. The van der Waals surface area contributed by atoms with Crippen LogP contribution in [0.3, 0.4) is 0 Å². The fraction of sp³-hybridized carbons (Fsp3) is 0.286. The van der Waals surface area contributed by atoms with Gasteiger partial charge in [-0.05, 0) is 18.1 Å². The minimum atomic E-state index is 0.513. The second-order valence-corrected chi connectivity index (χ2v) is 5.52. The summed E-state index contributed by atoms with van der Waals surface area (Å²) >= 11 is 9.63. The molecule has 0 fully saturated rings. The second-order valence-electron chi connectivity index (χ2n) is 4.26. The third-order valence-electron chi connectivity index (χ3n) is 2.68. The Morgan fingerprint density at radius 3 is 2.80 bits per heavy atom. The van der Waals surface area contributed by atoms with Crippen LogP contribution in [0.5, 0.6) is 0 Å². The topological polar surface area (TPSA) is 49.8 Å². The first-order chi connectivity index (χ1) is 9.70. The quantitative estimate of drug-likeness (QED) is 0.810. The second kappa shape index (κ2) is 7.45. The van der Waals surface area contributed by atoms with E-state index in [0.717, 1.165) is 23.0 Å². The van der Waals surface area contributed by atoms with E-state index >= 15 is 0 Å². The molecule has 20 heavy (non-hydrogen) atoms. The molecule has 1 heterocycles. The molecule has 0 saturated carbocycles. The first-order valence-electron chi connectivity index (χ1n) is 6.44. The van der Waals surface area contributed by atoms with Crippen molar-refractivity contribution in [3.8, 4) is 0 Å². The van der Waals surface area contributed by atoms with Gasteiger partial charge in [0.1, 0.15) is 5.02 Å². The molecule has 6 heteroatoms. The zero-order valence-corrected chi connectivity index (χ0v) is 13.5. The molecule has 0 saturated heterocycles. The highest BCUT2D eigenvalue weighted by Crippen LogP contribution is 2.22. The van der Waals surface area contributed by atoms with E-state index in [4.69, 9.17) is 11.6 Å². The SMILES string of the molecule is CCCNc1ncc(Cl)c(NCc2ccccc2Br)n1. The molecule has 0 unspecified atom stereocenters. The van der Waals surface area contributed by atoms with Gasteiger partial charge in [-0.2, -0.15) is 4.98 Å². The summed E-state index contributed by atoms with van der Waals surface area (Å²) in [6, 6.07) is 8.03. The van der Waals surface area contributed by atoms with E-state index in [1.807, 2.05) is 24.3 Å². The number of nitrogens with zero attached hydrogens (tertiary/aromatic N) is 2. The van der Waals surface area contributed by atoms with Gasteiger partial charge < -0.3 is 10.6 Å². The Bertz CT molecular complexity index is 577. The van der Waals surface area contributed by atoms with Crippen LogP contribution >= 0.6 is 27.5 Å². The summed E-state index contributed by atoms with van der Waals surface area (Å²) < 4.78 is 1.06. The Kier molecular flexibility index (Phi) is 5.61. The third kappa shape index (κ3) is 4.08. The zero-order chi connectivity index (χ0) is 14.4. The van der Waals surface area contributed by atoms with Crippen molar-refractivity contribution in [3.63, 3.8) is 0 Å². The Morgan fingerprint density at radius 1 is 1.25 bits per heavy atom. The standard InChI is InChI=1S/C14H16BrClN4/c1-2-7-17-14-19-9-12(16)13(20-14)18-8-10-5-3-4-6-11(10)15/h3-6,9H,2,7-8H2,1H3,(H2,17,18,19,20). The van der Waals surface area contributed by atoms with E-state index in [9.17, 15) is 0 Å². The van der Waals surface area contributed by atoms with Crippen LogP contribution in [0, 0.1) is 0 Å². The Hall–Kier alpha value is -1.33. The number of hydrogen-bond donors (Lipinski definition) is 2. The lowest BCUT2D eigenvalue weighted by Crippen LogP contribution is -2.08. The van der Waals surface area contributed by atoms with Gasteiger partial charge in [0, 0.05) is 17.6 Å². The lowest BCUT2D eigenvalue weighted by molar-refractivity contribution is 0.950. The molecule has 0 aliphatic rings.